The molecular weight excluding hydrogens is 332 g/mol. The van der Waals surface area contributed by atoms with Crippen LogP contribution in [-0.2, 0) is 11.3 Å². The quantitative estimate of drug-likeness (QED) is 0.356. The van der Waals surface area contributed by atoms with Crippen LogP contribution in [0.4, 0.5) is 0 Å². The number of unbranched alkanes of at least 4 members (excludes halogenated alkanes) is 3. The van der Waals surface area contributed by atoms with Crippen molar-refractivity contribution in [3.63, 3.8) is 0 Å². The first-order valence-corrected chi connectivity index (χ1v) is 9.67. The second-order valence-electron chi connectivity index (χ2n) is 6.42. The van der Waals surface area contributed by atoms with Gasteiger partial charge in [0.1, 0.15) is 10.5 Å². The lowest BCUT2D eigenvalue weighted by Gasteiger charge is -2.06. The van der Waals surface area contributed by atoms with Gasteiger partial charge in [0.25, 0.3) is 0 Å². The van der Waals surface area contributed by atoms with Crippen molar-refractivity contribution in [2.45, 2.75) is 39.2 Å². The summed E-state index contributed by atoms with van der Waals surface area (Å²) >= 11 is 1.51. The molecule has 4 nitrogen and oxygen atoms in total. The van der Waals surface area contributed by atoms with E-state index in [2.05, 4.69) is 40.7 Å². The van der Waals surface area contributed by atoms with Crippen molar-refractivity contribution in [3.8, 4) is 0 Å². The number of methoxy groups -OCH3 is 1. The largest absolute Gasteiger partial charge is 0.465 e. The summed E-state index contributed by atoms with van der Waals surface area (Å²) < 4.78 is 8.40. The fourth-order valence-electron chi connectivity index (χ4n) is 3.59. The first-order valence-electron chi connectivity index (χ1n) is 8.85. The molecule has 0 saturated heterocycles. The minimum absolute atomic E-state index is 0.272. The van der Waals surface area contributed by atoms with E-state index in [1.165, 1.54) is 60.4 Å². The zero-order valence-electron chi connectivity index (χ0n) is 14.6. The Morgan fingerprint density at radius 1 is 1.24 bits per heavy atom. The lowest BCUT2D eigenvalue weighted by Crippen LogP contribution is -1.98. The molecule has 3 aromatic heterocycles. The molecule has 0 atom stereocenters. The summed E-state index contributed by atoms with van der Waals surface area (Å²) in [5.74, 6) is -0.272. The van der Waals surface area contributed by atoms with E-state index >= 15 is 0 Å². The lowest BCUT2D eigenvalue weighted by molar-refractivity contribution is 0.0606. The smallest absolute Gasteiger partial charge is 0.348 e. The molecule has 0 aliphatic rings. The summed E-state index contributed by atoms with van der Waals surface area (Å²) in [6, 6.07) is 10.4. The molecule has 3 heterocycles. The standard InChI is InChI=1S/C20H22N2O2S/c1-3-4-5-8-11-22-15-10-7-6-9-13(15)17-18-14(21-19(17)22)12-16(25-18)20(23)24-2/h6-7,9-10,12,21H,3-5,8,11H2,1-2H3. The number of para-hydroxylation sites is 1. The monoisotopic (exact) mass is 354 g/mol. The zero-order chi connectivity index (χ0) is 17.4. The number of nitrogens with zero attached hydrogens (tertiary/aromatic N) is 1. The molecule has 0 bridgehead atoms. The Balaban J connectivity index is 1.87. The summed E-state index contributed by atoms with van der Waals surface area (Å²) in [5.41, 5.74) is 3.44. The number of hydrogen-bond donors (Lipinski definition) is 1. The normalized spacial score (nSPS) is 11.8. The Labute approximate surface area is 150 Å². The molecule has 0 aliphatic carbocycles. The molecule has 0 amide bonds. The molecule has 4 rings (SSSR count). The highest BCUT2D eigenvalue weighted by Gasteiger charge is 2.19. The average Bonchev–Trinajstić information content (AvgIpc) is 3.27. The molecule has 25 heavy (non-hydrogen) atoms. The second kappa shape index (κ2) is 6.56. The Hall–Kier alpha value is -2.27. The van der Waals surface area contributed by atoms with Crippen LogP contribution in [0.25, 0.3) is 32.2 Å². The highest BCUT2D eigenvalue weighted by Crippen LogP contribution is 2.39. The number of aryl methyl sites for hydroxylation is 1. The van der Waals surface area contributed by atoms with E-state index in [0.29, 0.717) is 4.88 Å². The number of thiophene rings is 1. The Morgan fingerprint density at radius 3 is 2.88 bits per heavy atom. The Bertz CT molecular complexity index is 1050. The Kier molecular flexibility index (Phi) is 4.25. The minimum atomic E-state index is -0.272. The van der Waals surface area contributed by atoms with Gasteiger partial charge in [-0.2, -0.15) is 0 Å². The fraction of sp³-hybridized carbons (Fsp3) is 0.350. The van der Waals surface area contributed by atoms with Crippen molar-refractivity contribution >= 4 is 49.5 Å². The number of aromatic nitrogens is 2. The predicted molar refractivity (Wildman–Crippen MR) is 105 cm³/mol. The molecular formula is C20H22N2O2S. The molecule has 130 valence electrons. The number of carbonyl (C=O) groups is 1. The van der Waals surface area contributed by atoms with Crippen LogP contribution < -0.4 is 0 Å². The van der Waals surface area contributed by atoms with Gasteiger partial charge in [-0.15, -0.1) is 11.3 Å². The number of rotatable bonds is 6. The van der Waals surface area contributed by atoms with Crippen LogP contribution in [0, 0.1) is 0 Å². The van der Waals surface area contributed by atoms with Gasteiger partial charge in [-0.3, -0.25) is 0 Å². The summed E-state index contributed by atoms with van der Waals surface area (Å²) in [7, 11) is 1.42. The SMILES string of the molecule is CCCCCCn1c2ccccc2c2c3sc(C(=O)OC)cc3[nH]c21. The summed E-state index contributed by atoms with van der Waals surface area (Å²) in [4.78, 5) is 16.0. The number of benzene rings is 1. The van der Waals surface area contributed by atoms with Crippen molar-refractivity contribution < 1.29 is 9.53 Å². The van der Waals surface area contributed by atoms with Crippen molar-refractivity contribution in [2.75, 3.05) is 7.11 Å². The third kappa shape index (κ3) is 2.63. The Morgan fingerprint density at radius 2 is 2.08 bits per heavy atom. The van der Waals surface area contributed by atoms with Crippen molar-refractivity contribution in [1.29, 1.82) is 0 Å². The lowest BCUT2D eigenvalue weighted by atomic mass is 10.2. The van der Waals surface area contributed by atoms with E-state index in [1.807, 2.05) is 6.07 Å². The maximum Gasteiger partial charge on any atom is 0.348 e. The van der Waals surface area contributed by atoms with Gasteiger partial charge < -0.3 is 14.3 Å². The summed E-state index contributed by atoms with van der Waals surface area (Å²) in [5, 5.41) is 2.47. The van der Waals surface area contributed by atoms with Crippen LogP contribution in [0.5, 0.6) is 0 Å². The molecule has 4 aromatic rings. The van der Waals surface area contributed by atoms with E-state index in [9.17, 15) is 4.79 Å². The van der Waals surface area contributed by atoms with Crippen molar-refractivity contribution in [2.24, 2.45) is 0 Å². The fourth-order valence-corrected chi connectivity index (χ4v) is 4.68. The molecule has 1 N–H and O–H groups in total. The first-order chi connectivity index (χ1) is 12.2. The molecule has 0 radical (unpaired) electrons. The topological polar surface area (TPSA) is 47.0 Å². The first kappa shape index (κ1) is 16.2. The molecule has 0 spiro atoms. The summed E-state index contributed by atoms with van der Waals surface area (Å²) in [6.45, 7) is 3.25. The maximum absolute atomic E-state index is 11.9. The molecule has 0 saturated carbocycles. The van der Waals surface area contributed by atoms with E-state index in [0.717, 1.165) is 22.4 Å². The number of hydrogen-bond acceptors (Lipinski definition) is 3. The zero-order valence-corrected chi connectivity index (χ0v) is 15.4. The van der Waals surface area contributed by atoms with Crippen LogP contribution >= 0.6 is 11.3 Å². The van der Waals surface area contributed by atoms with Gasteiger partial charge in [-0.05, 0) is 18.6 Å². The molecule has 1 aromatic carbocycles. The number of carbonyl (C=O) groups excluding carboxylic acids is 1. The van der Waals surface area contributed by atoms with Crippen LogP contribution in [0.3, 0.4) is 0 Å². The van der Waals surface area contributed by atoms with Crippen LogP contribution in [0.2, 0.25) is 0 Å². The third-order valence-electron chi connectivity index (χ3n) is 4.80. The van der Waals surface area contributed by atoms with Crippen molar-refractivity contribution in [3.05, 3.63) is 35.2 Å². The summed E-state index contributed by atoms with van der Waals surface area (Å²) in [6.07, 6.45) is 4.97. The van der Waals surface area contributed by atoms with E-state index in [1.54, 1.807) is 0 Å². The molecule has 0 unspecified atom stereocenters. The van der Waals surface area contributed by atoms with Gasteiger partial charge in [0, 0.05) is 17.3 Å². The molecule has 0 aliphatic heterocycles. The van der Waals surface area contributed by atoms with Gasteiger partial charge in [0.2, 0.25) is 0 Å². The van der Waals surface area contributed by atoms with Crippen LogP contribution in [0.15, 0.2) is 30.3 Å². The van der Waals surface area contributed by atoms with E-state index in [-0.39, 0.29) is 5.97 Å². The second-order valence-corrected chi connectivity index (χ2v) is 7.48. The number of nitrogens with one attached hydrogen (secondary N) is 1. The van der Waals surface area contributed by atoms with E-state index in [4.69, 9.17) is 4.74 Å². The number of H-pyrrole nitrogens is 1. The van der Waals surface area contributed by atoms with Gasteiger partial charge in [0.05, 0.1) is 22.8 Å². The van der Waals surface area contributed by atoms with Gasteiger partial charge in [-0.1, -0.05) is 44.4 Å². The van der Waals surface area contributed by atoms with Crippen LogP contribution in [0.1, 0.15) is 42.3 Å². The molecule has 5 heteroatoms. The third-order valence-corrected chi connectivity index (χ3v) is 5.94. The highest BCUT2D eigenvalue weighted by molar-refractivity contribution is 7.21. The van der Waals surface area contributed by atoms with Gasteiger partial charge in [-0.25, -0.2) is 4.79 Å². The number of fused-ring (bicyclic) bond motifs is 5. The maximum atomic E-state index is 11.9. The number of ether oxygens (including phenoxy) is 1. The minimum Gasteiger partial charge on any atom is -0.465 e. The van der Waals surface area contributed by atoms with E-state index < -0.39 is 0 Å². The van der Waals surface area contributed by atoms with Gasteiger partial charge in [0.15, 0.2) is 0 Å². The highest BCUT2D eigenvalue weighted by atomic mass is 32.1. The van der Waals surface area contributed by atoms with Crippen molar-refractivity contribution in [1.82, 2.24) is 9.55 Å². The van der Waals surface area contributed by atoms with Gasteiger partial charge >= 0.3 is 5.97 Å². The van der Waals surface area contributed by atoms with Crippen LogP contribution in [-0.4, -0.2) is 22.6 Å². The molecule has 0 fully saturated rings. The average molecular weight is 354 g/mol. The predicted octanol–water partition coefficient (Wildman–Crippen LogP) is 5.70. The number of aromatic amines is 1. The number of esters is 1.